The van der Waals surface area contributed by atoms with Gasteiger partial charge >= 0.3 is 5.97 Å². The highest BCUT2D eigenvalue weighted by Gasteiger charge is 2.47. The Morgan fingerprint density at radius 1 is 1.36 bits per heavy atom. The maximum absolute atomic E-state index is 11.1. The van der Waals surface area contributed by atoms with Crippen molar-refractivity contribution in [2.24, 2.45) is 11.8 Å². The lowest BCUT2D eigenvalue weighted by Crippen LogP contribution is -2.41. The molecule has 0 aromatic carbocycles. The molecule has 80 valence electrons. The molecule has 2 rings (SSSR count). The van der Waals surface area contributed by atoms with Gasteiger partial charge in [0.2, 0.25) is 0 Å². The summed E-state index contributed by atoms with van der Waals surface area (Å²) in [5.41, 5.74) is 0. The Morgan fingerprint density at radius 3 is 2.43 bits per heavy atom. The first-order valence-electron chi connectivity index (χ1n) is 5.60. The zero-order valence-electron chi connectivity index (χ0n) is 8.94. The highest BCUT2D eigenvalue weighted by molar-refractivity contribution is 5.71. The summed E-state index contributed by atoms with van der Waals surface area (Å²) in [5.74, 6) is -0.0315. The molecule has 0 aromatic heterocycles. The van der Waals surface area contributed by atoms with Gasteiger partial charge in [0, 0.05) is 12.1 Å². The first-order valence-corrected chi connectivity index (χ1v) is 5.60. The van der Waals surface area contributed by atoms with E-state index in [4.69, 9.17) is 5.11 Å². The number of carbonyl (C=O) groups is 1. The zero-order chi connectivity index (χ0) is 10.3. The summed E-state index contributed by atoms with van der Waals surface area (Å²) in [7, 11) is 0. The number of rotatable bonds is 3. The molecule has 3 heteroatoms. The van der Waals surface area contributed by atoms with E-state index in [1.54, 1.807) is 0 Å². The Bertz CT molecular complexity index is 235. The second-order valence-electron chi connectivity index (χ2n) is 4.89. The summed E-state index contributed by atoms with van der Waals surface area (Å²) >= 11 is 0. The van der Waals surface area contributed by atoms with Crippen molar-refractivity contribution < 1.29 is 9.90 Å². The molecular formula is C11H19NO2. The van der Waals surface area contributed by atoms with Gasteiger partial charge in [0.05, 0.1) is 5.92 Å². The van der Waals surface area contributed by atoms with Gasteiger partial charge < -0.3 is 5.11 Å². The predicted octanol–water partition coefficient (Wildman–Crippen LogP) is 1.58. The van der Waals surface area contributed by atoms with Crippen LogP contribution in [0, 0.1) is 11.8 Å². The monoisotopic (exact) mass is 197 g/mol. The molecule has 2 fully saturated rings. The van der Waals surface area contributed by atoms with Gasteiger partial charge in [-0.1, -0.05) is 0 Å². The van der Waals surface area contributed by atoms with Crippen LogP contribution in [0.25, 0.3) is 0 Å². The number of nitrogens with zero attached hydrogens (tertiary/aromatic N) is 1. The van der Waals surface area contributed by atoms with E-state index in [2.05, 4.69) is 18.7 Å². The smallest absolute Gasteiger partial charge is 0.308 e. The first-order chi connectivity index (χ1) is 6.61. The van der Waals surface area contributed by atoms with Crippen LogP contribution in [0.4, 0.5) is 0 Å². The Hall–Kier alpha value is -0.570. The number of carboxylic acid groups (broad SMARTS) is 1. The highest BCUT2D eigenvalue weighted by Crippen LogP contribution is 2.43. The minimum absolute atomic E-state index is 0.107. The van der Waals surface area contributed by atoms with Crippen LogP contribution in [0.5, 0.6) is 0 Å². The van der Waals surface area contributed by atoms with E-state index in [-0.39, 0.29) is 5.92 Å². The van der Waals surface area contributed by atoms with Crippen molar-refractivity contribution in [3.63, 3.8) is 0 Å². The SMILES string of the molecule is CC(C)N1CC[C@H](C(=O)O)[C@H]1C1CC1. The molecule has 0 spiro atoms. The van der Waals surface area contributed by atoms with Crippen molar-refractivity contribution in [3.8, 4) is 0 Å². The van der Waals surface area contributed by atoms with Crippen molar-refractivity contribution in [3.05, 3.63) is 0 Å². The molecule has 1 aliphatic carbocycles. The van der Waals surface area contributed by atoms with Gasteiger partial charge in [0.15, 0.2) is 0 Å². The fraction of sp³-hybridized carbons (Fsp3) is 0.909. The molecule has 2 atom stereocenters. The second-order valence-corrected chi connectivity index (χ2v) is 4.89. The number of carboxylic acids is 1. The van der Waals surface area contributed by atoms with Crippen molar-refractivity contribution in [1.29, 1.82) is 0 Å². The van der Waals surface area contributed by atoms with Crippen LogP contribution in [-0.2, 0) is 4.79 Å². The number of hydrogen-bond donors (Lipinski definition) is 1. The summed E-state index contributed by atoms with van der Waals surface area (Å²) in [4.78, 5) is 13.5. The fourth-order valence-electron chi connectivity index (χ4n) is 2.75. The summed E-state index contributed by atoms with van der Waals surface area (Å²) in [6.07, 6.45) is 3.31. The Labute approximate surface area is 85.1 Å². The Balaban J connectivity index is 2.11. The van der Waals surface area contributed by atoms with E-state index in [9.17, 15) is 4.79 Å². The second kappa shape index (κ2) is 3.54. The van der Waals surface area contributed by atoms with Gasteiger partial charge in [-0.15, -0.1) is 0 Å². The van der Waals surface area contributed by atoms with Crippen LogP contribution in [0.3, 0.4) is 0 Å². The first kappa shape index (κ1) is 9.97. The third kappa shape index (κ3) is 1.65. The van der Waals surface area contributed by atoms with Crippen molar-refractivity contribution in [1.82, 2.24) is 4.90 Å². The summed E-state index contributed by atoms with van der Waals surface area (Å²) in [5, 5.41) is 9.13. The molecule has 2 aliphatic rings. The fourth-order valence-corrected chi connectivity index (χ4v) is 2.75. The minimum Gasteiger partial charge on any atom is -0.481 e. The standard InChI is InChI=1S/C11H19NO2/c1-7(2)12-6-5-9(11(13)14)10(12)8-3-4-8/h7-10H,3-6H2,1-2H3,(H,13,14)/t9-,10+/m0/s1. The summed E-state index contributed by atoms with van der Waals surface area (Å²) in [6, 6.07) is 0.817. The highest BCUT2D eigenvalue weighted by atomic mass is 16.4. The maximum Gasteiger partial charge on any atom is 0.308 e. The maximum atomic E-state index is 11.1. The molecule has 1 N–H and O–H groups in total. The van der Waals surface area contributed by atoms with Crippen LogP contribution in [0.2, 0.25) is 0 Å². The molecule has 3 nitrogen and oxygen atoms in total. The molecule has 1 saturated heterocycles. The summed E-state index contributed by atoms with van der Waals surface area (Å²) in [6.45, 7) is 5.30. The van der Waals surface area contributed by atoms with Gasteiger partial charge in [-0.25, -0.2) is 0 Å². The van der Waals surface area contributed by atoms with E-state index in [0.717, 1.165) is 13.0 Å². The number of hydrogen-bond acceptors (Lipinski definition) is 2. The van der Waals surface area contributed by atoms with Gasteiger partial charge in [0.1, 0.15) is 0 Å². The average molecular weight is 197 g/mol. The van der Waals surface area contributed by atoms with Gasteiger partial charge in [-0.3, -0.25) is 9.69 Å². The van der Waals surface area contributed by atoms with Crippen LogP contribution in [0.15, 0.2) is 0 Å². The Kier molecular flexibility index (Phi) is 2.52. The third-order valence-electron chi connectivity index (χ3n) is 3.58. The minimum atomic E-state index is -0.593. The average Bonchev–Trinajstić information content (AvgIpc) is 2.83. The molecule has 14 heavy (non-hydrogen) atoms. The number of likely N-dealkylation sites (tertiary alicyclic amines) is 1. The molecule has 0 unspecified atom stereocenters. The lowest BCUT2D eigenvalue weighted by molar-refractivity contribution is -0.142. The molecule has 0 bridgehead atoms. The van der Waals surface area contributed by atoms with Crippen molar-refractivity contribution in [2.75, 3.05) is 6.54 Å². The molecule has 0 radical (unpaired) electrons. The molecule has 1 saturated carbocycles. The van der Waals surface area contributed by atoms with Crippen LogP contribution in [-0.4, -0.2) is 34.6 Å². The van der Waals surface area contributed by atoms with Gasteiger partial charge in [-0.05, 0) is 45.6 Å². The third-order valence-corrected chi connectivity index (χ3v) is 3.58. The largest absolute Gasteiger partial charge is 0.481 e. The molecule has 0 amide bonds. The molecule has 0 aromatic rings. The van der Waals surface area contributed by atoms with E-state index in [1.165, 1.54) is 12.8 Å². The van der Waals surface area contributed by atoms with Crippen LogP contribution in [0.1, 0.15) is 33.1 Å². The summed E-state index contributed by atoms with van der Waals surface area (Å²) < 4.78 is 0. The topological polar surface area (TPSA) is 40.5 Å². The number of aliphatic carboxylic acids is 1. The normalized spacial score (nSPS) is 33.9. The van der Waals surface area contributed by atoms with Crippen LogP contribution >= 0.6 is 0 Å². The predicted molar refractivity (Wildman–Crippen MR) is 54.1 cm³/mol. The van der Waals surface area contributed by atoms with E-state index in [1.807, 2.05) is 0 Å². The Morgan fingerprint density at radius 2 is 2.00 bits per heavy atom. The quantitative estimate of drug-likeness (QED) is 0.746. The van der Waals surface area contributed by atoms with Crippen molar-refractivity contribution in [2.45, 2.75) is 45.2 Å². The van der Waals surface area contributed by atoms with Gasteiger partial charge in [-0.2, -0.15) is 0 Å². The van der Waals surface area contributed by atoms with E-state index >= 15 is 0 Å². The van der Waals surface area contributed by atoms with Crippen LogP contribution < -0.4 is 0 Å². The zero-order valence-corrected chi connectivity index (χ0v) is 8.94. The van der Waals surface area contributed by atoms with Crippen molar-refractivity contribution >= 4 is 5.97 Å². The lowest BCUT2D eigenvalue weighted by atomic mass is 9.96. The molecule has 1 heterocycles. The lowest BCUT2D eigenvalue weighted by Gasteiger charge is -2.30. The van der Waals surface area contributed by atoms with E-state index in [0.29, 0.717) is 18.0 Å². The van der Waals surface area contributed by atoms with E-state index < -0.39 is 5.97 Å². The van der Waals surface area contributed by atoms with Gasteiger partial charge in [0.25, 0.3) is 0 Å². The molecule has 1 aliphatic heterocycles. The molecular weight excluding hydrogens is 178 g/mol.